The minimum Gasteiger partial charge on any atom is -0.276 e. The molecular formula is C12H14ClNO3S. The molecule has 1 aromatic carbocycles. The number of carbonyl (C=O) groups excluding carboxylic acids is 1. The van der Waals surface area contributed by atoms with E-state index in [1.807, 2.05) is 0 Å². The summed E-state index contributed by atoms with van der Waals surface area (Å²) in [5.74, 6) is 0. The molecule has 0 N–H and O–H groups in total. The third kappa shape index (κ3) is 2.74. The van der Waals surface area contributed by atoms with Crippen molar-refractivity contribution in [1.29, 1.82) is 0 Å². The summed E-state index contributed by atoms with van der Waals surface area (Å²) in [4.78, 5) is 11.1. The van der Waals surface area contributed by atoms with Crippen LogP contribution in [0.4, 0.5) is 0 Å². The van der Waals surface area contributed by atoms with Gasteiger partial charge in [-0.3, -0.25) is 4.79 Å². The van der Waals surface area contributed by atoms with Gasteiger partial charge in [0.05, 0.1) is 4.90 Å². The number of piperidine rings is 1. The van der Waals surface area contributed by atoms with Crippen LogP contribution in [0, 0.1) is 0 Å². The zero-order valence-corrected chi connectivity index (χ0v) is 11.4. The van der Waals surface area contributed by atoms with Crippen LogP contribution in [0.3, 0.4) is 0 Å². The van der Waals surface area contributed by atoms with Crippen LogP contribution in [-0.4, -0.2) is 31.1 Å². The number of benzene rings is 1. The van der Waals surface area contributed by atoms with Gasteiger partial charge in [0.25, 0.3) is 5.24 Å². The summed E-state index contributed by atoms with van der Waals surface area (Å²) in [5, 5.41) is -0.586. The highest BCUT2D eigenvalue weighted by Gasteiger charge is 2.25. The molecule has 0 radical (unpaired) electrons. The molecule has 0 unspecified atom stereocenters. The Kier molecular flexibility index (Phi) is 4.04. The minimum absolute atomic E-state index is 0.214. The molecule has 18 heavy (non-hydrogen) atoms. The minimum atomic E-state index is -3.43. The lowest BCUT2D eigenvalue weighted by Crippen LogP contribution is -2.35. The Morgan fingerprint density at radius 1 is 1.06 bits per heavy atom. The first kappa shape index (κ1) is 13.5. The van der Waals surface area contributed by atoms with Crippen molar-refractivity contribution in [3.63, 3.8) is 0 Å². The molecule has 0 aliphatic carbocycles. The van der Waals surface area contributed by atoms with Crippen molar-refractivity contribution in [3.05, 3.63) is 29.8 Å². The van der Waals surface area contributed by atoms with Crippen LogP contribution in [0.25, 0.3) is 0 Å². The molecule has 1 heterocycles. The van der Waals surface area contributed by atoms with E-state index < -0.39 is 15.3 Å². The Morgan fingerprint density at radius 3 is 2.11 bits per heavy atom. The smallest absolute Gasteiger partial charge is 0.252 e. The highest BCUT2D eigenvalue weighted by molar-refractivity contribution is 7.89. The Hall–Kier alpha value is -0.910. The number of carbonyl (C=O) groups is 1. The van der Waals surface area contributed by atoms with Gasteiger partial charge < -0.3 is 0 Å². The quantitative estimate of drug-likeness (QED) is 0.801. The van der Waals surface area contributed by atoms with Gasteiger partial charge in [-0.2, -0.15) is 4.31 Å². The van der Waals surface area contributed by atoms with Crippen LogP contribution < -0.4 is 0 Å². The predicted octanol–water partition coefficient (Wildman–Crippen LogP) is 2.24. The van der Waals surface area contributed by atoms with Crippen LogP contribution in [-0.2, 0) is 10.0 Å². The summed E-state index contributed by atoms with van der Waals surface area (Å²) in [5.41, 5.74) is 0.300. The number of rotatable bonds is 3. The van der Waals surface area contributed by atoms with E-state index >= 15 is 0 Å². The monoisotopic (exact) mass is 287 g/mol. The van der Waals surface area contributed by atoms with Gasteiger partial charge in [0.1, 0.15) is 0 Å². The van der Waals surface area contributed by atoms with Crippen LogP contribution in [0.2, 0.25) is 0 Å². The normalized spacial score (nSPS) is 17.6. The Labute approximate surface area is 112 Å². The van der Waals surface area contributed by atoms with Gasteiger partial charge in [-0.15, -0.1) is 0 Å². The third-order valence-corrected chi connectivity index (χ3v) is 5.17. The number of hydrogen-bond donors (Lipinski definition) is 0. The molecule has 2 rings (SSSR count). The molecule has 0 spiro atoms. The molecule has 0 atom stereocenters. The molecule has 1 aromatic rings. The molecule has 1 saturated heterocycles. The van der Waals surface area contributed by atoms with Gasteiger partial charge in [0, 0.05) is 18.7 Å². The lowest BCUT2D eigenvalue weighted by molar-refractivity contribution is 0.108. The van der Waals surface area contributed by atoms with Crippen molar-refractivity contribution in [1.82, 2.24) is 4.31 Å². The molecule has 1 aliphatic heterocycles. The molecule has 98 valence electrons. The standard InChI is InChI=1S/C12H14ClNO3S/c13-12(15)10-4-6-11(7-5-10)18(16,17)14-8-2-1-3-9-14/h4-7H,1-3,8-9H2. The fraction of sp³-hybridized carbons (Fsp3) is 0.417. The molecule has 0 amide bonds. The van der Waals surface area contributed by atoms with Crippen molar-refractivity contribution < 1.29 is 13.2 Å². The van der Waals surface area contributed by atoms with E-state index in [0.29, 0.717) is 18.7 Å². The summed E-state index contributed by atoms with van der Waals surface area (Å²) >= 11 is 5.32. The fourth-order valence-electron chi connectivity index (χ4n) is 2.01. The maximum atomic E-state index is 12.3. The van der Waals surface area contributed by atoms with E-state index in [1.54, 1.807) is 0 Å². The molecular weight excluding hydrogens is 274 g/mol. The fourth-order valence-corrected chi connectivity index (χ4v) is 3.66. The molecule has 0 saturated carbocycles. The summed E-state index contributed by atoms with van der Waals surface area (Å²) in [6.45, 7) is 1.14. The van der Waals surface area contributed by atoms with Gasteiger partial charge in [0.2, 0.25) is 10.0 Å². The molecule has 6 heteroatoms. The van der Waals surface area contributed by atoms with E-state index in [1.165, 1.54) is 28.6 Å². The molecule has 1 fully saturated rings. The molecule has 1 aliphatic rings. The number of nitrogens with zero attached hydrogens (tertiary/aromatic N) is 1. The summed E-state index contributed by atoms with van der Waals surface area (Å²) in [6.07, 6.45) is 2.88. The highest BCUT2D eigenvalue weighted by Crippen LogP contribution is 2.21. The average Bonchev–Trinajstić information content (AvgIpc) is 2.40. The second-order valence-electron chi connectivity index (χ2n) is 4.26. The Balaban J connectivity index is 2.26. The maximum absolute atomic E-state index is 12.3. The molecule has 0 aromatic heterocycles. The van der Waals surface area contributed by atoms with E-state index in [9.17, 15) is 13.2 Å². The van der Waals surface area contributed by atoms with Gasteiger partial charge in [-0.05, 0) is 48.7 Å². The van der Waals surface area contributed by atoms with Crippen LogP contribution in [0.1, 0.15) is 29.6 Å². The Bertz CT molecular complexity index is 533. The Morgan fingerprint density at radius 2 is 1.61 bits per heavy atom. The molecule has 4 nitrogen and oxygen atoms in total. The van der Waals surface area contributed by atoms with Crippen molar-refractivity contribution in [2.75, 3.05) is 13.1 Å². The predicted molar refractivity (Wildman–Crippen MR) is 69.2 cm³/mol. The van der Waals surface area contributed by atoms with Gasteiger partial charge in [0.15, 0.2) is 0 Å². The largest absolute Gasteiger partial charge is 0.276 e. The zero-order valence-electron chi connectivity index (χ0n) is 9.80. The lowest BCUT2D eigenvalue weighted by atomic mass is 10.2. The number of halogens is 1. The third-order valence-electron chi connectivity index (χ3n) is 3.03. The topological polar surface area (TPSA) is 54.5 Å². The summed E-state index contributed by atoms with van der Waals surface area (Å²) in [7, 11) is -3.43. The first-order valence-electron chi connectivity index (χ1n) is 5.82. The van der Waals surface area contributed by atoms with Crippen LogP contribution in [0.15, 0.2) is 29.2 Å². The molecule has 0 bridgehead atoms. The van der Waals surface area contributed by atoms with E-state index in [4.69, 9.17) is 11.6 Å². The second kappa shape index (κ2) is 5.38. The van der Waals surface area contributed by atoms with Crippen molar-refractivity contribution in [2.24, 2.45) is 0 Å². The highest BCUT2D eigenvalue weighted by atomic mass is 35.5. The van der Waals surface area contributed by atoms with E-state index in [0.717, 1.165) is 19.3 Å². The summed E-state index contributed by atoms with van der Waals surface area (Å²) in [6, 6.07) is 5.73. The van der Waals surface area contributed by atoms with Gasteiger partial charge in [-0.25, -0.2) is 8.42 Å². The van der Waals surface area contributed by atoms with Crippen LogP contribution in [0.5, 0.6) is 0 Å². The SMILES string of the molecule is O=C(Cl)c1ccc(S(=O)(=O)N2CCCCC2)cc1. The number of sulfonamides is 1. The second-order valence-corrected chi connectivity index (χ2v) is 6.54. The van der Waals surface area contributed by atoms with E-state index in [-0.39, 0.29) is 4.90 Å². The van der Waals surface area contributed by atoms with Gasteiger partial charge >= 0.3 is 0 Å². The average molecular weight is 288 g/mol. The van der Waals surface area contributed by atoms with Crippen LogP contribution >= 0.6 is 11.6 Å². The maximum Gasteiger partial charge on any atom is 0.252 e. The van der Waals surface area contributed by atoms with Gasteiger partial charge in [-0.1, -0.05) is 6.42 Å². The first-order valence-corrected chi connectivity index (χ1v) is 7.63. The first-order chi connectivity index (χ1) is 8.51. The van der Waals surface area contributed by atoms with E-state index in [2.05, 4.69) is 0 Å². The van der Waals surface area contributed by atoms with Crippen molar-refractivity contribution in [2.45, 2.75) is 24.2 Å². The lowest BCUT2D eigenvalue weighted by Gasteiger charge is -2.25. The number of hydrogen-bond acceptors (Lipinski definition) is 3. The zero-order chi connectivity index (χ0) is 13.2. The van der Waals surface area contributed by atoms with Crippen molar-refractivity contribution >= 4 is 26.9 Å². The summed E-state index contributed by atoms with van der Waals surface area (Å²) < 4.78 is 26.0. The van der Waals surface area contributed by atoms with Crippen molar-refractivity contribution in [3.8, 4) is 0 Å².